The molecule has 3 N–H and O–H groups in total. The van der Waals surface area contributed by atoms with E-state index in [2.05, 4.69) is 35.2 Å². The number of fused-ring (bicyclic) bond motifs is 3. The van der Waals surface area contributed by atoms with E-state index in [0.29, 0.717) is 23.7 Å². The van der Waals surface area contributed by atoms with Crippen LogP contribution in [-0.4, -0.2) is 45.7 Å². The van der Waals surface area contributed by atoms with Gasteiger partial charge in [-0.2, -0.15) is 0 Å². The number of ketones is 1. The summed E-state index contributed by atoms with van der Waals surface area (Å²) in [4.78, 5) is 19.0. The molecule has 2 aromatic heterocycles. The molecule has 200 valence electrons. The van der Waals surface area contributed by atoms with Gasteiger partial charge >= 0.3 is 0 Å². The van der Waals surface area contributed by atoms with Crippen LogP contribution < -0.4 is 14.8 Å². The van der Waals surface area contributed by atoms with E-state index >= 15 is 0 Å². The van der Waals surface area contributed by atoms with E-state index in [0.717, 1.165) is 39.5 Å². The van der Waals surface area contributed by atoms with E-state index in [-0.39, 0.29) is 17.9 Å². The van der Waals surface area contributed by atoms with Gasteiger partial charge in [0.05, 0.1) is 5.52 Å². The average molecular weight is 524 g/mol. The molecule has 39 heavy (non-hydrogen) atoms. The number of benzene rings is 3. The van der Waals surface area contributed by atoms with E-state index in [1.807, 2.05) is 60.7 Å². The molecule has 1 atom stereocenters. The Balaban J connectivity index is 1.13. The number of β-amino-alcohol motifs (C(OH)–C–C–N with tert-alkyl or cyclic N) is 1. The van der Waals surface area contributed by atoms with Gasteiger partial charge in [-0.3, -0.25) is 4.79 Å². The minimum atomic E-state index is -0.664. The number of aliphatic hydroxyl groups excluding tert-OH is 1. The first-order chi connectivity index (χ1) is 18.8. The standard InChI is InChI=1S/C32H33N3O4/c1-21(36)23-13-16-30(33-18-23)39-25-14-11-22(12-15-25)17-32(2,3)34-19-24(37)20-38-29-10-6-9-28-31(29)26-7-4-5-8-27(26)35-28/h4-16,18,24,34-35,37H,17,19-20H2,1-3H3/t24-/m0/s1. The topological polar surface area (TPSA) is 96.5 Å². The zero-order valence-electron chi connectivity index (χ0n) is 22.4. The van der Waals surface area contributed by atoms with E-state index in [1.165, 1.54) is 13.1 Å². The lowest BCUT2D eigenvalue weighted by atomic mass is 9.94. The van der Waals surface area contributed by atoms with Crippen LogP contribution in [0.3, 0.4) is 0 Å². The summed E-state index contributed by atoms with van der Waals surface area (Å²) in [5, 5.41) is 16.3. The van der Waals surface area contributed by atoms with E-state index in [4.69, 9.17) is 9.47 Å². The van der Waals surface area contributed by atoms with Crippen molar-refractivity contribution in [2.24, 2.45) is 0 Å². The number of ether oxygens (including phenoxy) is 2. The third kappa shape index (κ3) is 6.45. The van der Waals surface area contributed by atoms with Gasteiger partial charge in [-0.15, -0.1) is 0 Å². The van der Waals surface area contributed by atoms with Crippen molar-refractivity contribution >= 4 is 27.6 Å². The molecule has 7 heteroatoms. The number of aromatic amines is 1. The predicted octanol–water partition coefficient (Wildman–Crippen LogP) is 6.06. The fraction of sp³-hybridized carbons (Fsp3) is 0.250. The Bertz CT molecular complexity index is 1570. The number of carbonyl (C=O) groups is 1. The molecule has 0 aliphatic heterocycles. The Morgan fingerprint density at radius 3 is 2.51 bits per heavy atom. The lowest BCUT2D eigenvalue weighted by molar-refractivity contribution is 0.0996. The van der Waals surface area contributed by atoms with Crippen LogP contribution in [0.25, 0.3) is 21.8 Å². The number of aliphatic hydroxyl groups is 1. The molecule has 0 aliphatic rings. The second-order valence-electron chi connectivity index (χ2n) is 10.4. The summed E-state index contributed by atoms with van der Waals surface area (Å²) in [5.74, 6) is 1.84. The molecule has 0 spiro atoms. The highest BCUT2D eigenvalue weighted by molar-refractivity contribution is 6.10. The highest BCUT2D eigenvalue weighted by Gasteiger charge is 2.20. The molecule has 2 heterocycles. The van der Waals surface area contributed by atoms with Gasteiger partial charge in [0, 0.05) is 46.2 Å². The van der Waals surface area contributed by atoms with E-state index in [1.54, 1.807) is 12.1 Å². The number of rotatable bonds is 11. The lowest BCUT2D eigenvalue weighted by Gasteiger charge is -2.28. The van der Waals surface area contributed by atoms with Crippen molar-refractivity contribution in [1.82, 2.24) is 15.3 Å². The number of hydrogen-bond acceptors (Lipinski definition) is 6. The number of para-hydroxylation sites is 1. The van der Waals surface area contributed by atoms with Gasteiger partial charge in [-0.1, -0.05) is 36.4 Å². The zero-order chi connectivity index (χ0) is 27.4. The molecule has 0 fully saturated rings. The average Bonchev–Trinajstić information content (AvgIpc) is 3.31. The molecule has 0 amide bonds. The quantitative estimate of drug-likeness (QED) is 0.182. The molecule has 0 aliphatic carbocycles. The van der Waals surface area contributed by atoms with Gasteiger partial charge in [0.2, 0.25) is 5.88 Å². The van der Waals surface area contributed by atoms with Gasteiger partial charge in [0.25, 0.3) is 0 Å². The van der Waals surface area contributed by atoms with Gasteiger partial charge in [0.15, 0.2) is 5.78 Å². The lowest BCUT2D eigenvalue weighted by Crippen LogP contribution is -2.46. The molecule has 0 saturated carbocycles. The molecule has 5 rings (SSSR count). The summed E-state index contributed by atoms with van der Waals surface area (Å²) in [5.41, 5.74) is 3.52. The number of pyridine rings is 1. The van der Waals surface area contributed by atoms with Gasteiger partial charge in [0.1, 0.15) is 24.2 Å². The van der Waals surface area contributed by atoms with Crippen molar-refractivity contribution in [2.75, 3.05) is 13.2 Å². The zero-order valence-corrected chi connectivity index (χ0v) is 22.4. The number of Topliss-reactive ketones (excluding diaryl/α,β-unsaturated/α-hetero) is 1. The fourth-order valence-electron chi connectivity index (χ4n) is 4.65. The molecule has 3 aromatic carbocycles. The van der Waals surface area contributed by atoms with Crippen LogP contribution in [0.4, 0.5) is 0 Å². The first kappa shape index (κ1) is 26.4. The summed E-state index contributed by atoms with van der Waals surface area (Å²) in [7, 11) is 0. The highest BCUT2D eigenvalue weighted by atomic mass is 16.5. The third-order valence-corrected chi connectivity index (χ3v) is 6.67. The number of nitrogens with one attached hydrogen (secondary N) is 2. The number of carbonyl (C=O) groups excluding carboxylic acids is 1. The maximum Gasteiger partial charge on any atom is 0.219 e. The molecule has 5 aromatic rings. The summed E-state index contributed by atoms with van der Waals surface area (Å²) < 4.78 is 11.9. The second-order valence-corrected chi connectivity index (χ2v) is 10.4. The molecular formula is C32H33N3O4. The van der Waals surface area contributed by atoms with E-state index in [9.17, 15) is 9.90 Å². The van der Waals surface area contributed by atoms with Crippen LogP contribution in [0, 0.1) is 0 Å². The Morgan fingerprint density at radius 1 is 1.00 bits per heavy atom. The summed E-state index contributed by atoms with van der Waals surface area (Å²) in [6.07, 6.45) is 1.62. The Kier molecular flexibility index (Phi) is 7.63. The summed E-state index contributed by atoms with van der Waals surface area (Å²) >= 11 is 0. The summed E-state index contributed by atoms with van der Waals surface area (Å²) in [6, 6.07) is 25.3. The van der Waals surface area contributed by atoms with Crippen LogP contribution in [0.2, 0.25) is 0 Å². The normalized spacial score (nSPS) is 12.5. The molecule has 7 nitrogen and oxygen atoms in total. The third-order valence-electron chi connectivity index (χ3n) is 6.67. The minimum Gasteiger partial charge on any atom is -0.490 e. The first-order valence-corrected chi connectivity index (χ1v) is 13.1. The molecule has 0 unspecified atom stereocenters. The smallest absolute Gasteiger partial charge is 0.219 e. The van der Waals surface area contributed by atoms with Crippen LogP contribution in [-0.2, 0) is 6.42 Å². The number of hydrogen-bond donors (Lipinski definition) is 3. The van der Waals surface area contributed by atoms with Crippen LogP contribution in [0.1, 0.15) is 36.7 Å². The van der Waals surface area contributed by atoms with Crippen LogP contribution in [0.15, 0.2) is 85.1 Å². The molecule has 0 saturated heterocycles. The van der Waals surface area contributed by atoms with Crippen LogP contribution >= 0.6 is 0 Å². The van der Waals surface area contributed by atoms with Crippen molar-refractivity contribution < 1.29 is 19.4 Å². The van der Waals surface area contributed by atoms with Crippen molar-refractivity contribution in [3.8, 4) is 17.4 Å². The minimum absolute atomic E-state index is 0.0299. The maximum atomic E-state index is 11.4. The number of H-pyrrole nitrogens is 1. The monoisotopic (exact) mass is 523 g/mol. The molecular weight excluding hydrogens is 490 g/mol. The maximum absolute atomic E-state index is 11.4. The highest BCUT2D eigenvalue weighted by Crippen LogP contribution is 2.33. The predicted molar refractivity (Wildman–Crippen MR) is 154 cm³/mol. The van der Waals surface area contributed by atoms with Gasteiger partial charge in [-0.05, 0) is 69.2 Å². The second kappa shape index (κ2) is 11.3. The van der Waals surface area contributed by atoms with Crippen molar-refractivity contribution in [3.63, 3.8) is 0 Å². The van der Waals surface area contributed by atoms with Crippen molar-refractivity contribution in [2.45, 2.75) is 38.8 Å². The Morgan fingerprint density at radius 2 is 1.77 bits per heavy atom. The van der Waals surface area contributed by atoms with Gasteiger partial charge in [-0.25, -0.2) is 4.98 Å². The van der Waals surface area contributed by atoms with Crippen molar-refractivity contribution in [3.05, 3.63) is 96.2 Å². The molecule has 0 radical (unpaired) electrons. The largest absolute Gasteiger partial charge is 0.490 e. The number of nitrogens with zero attached hydrogens (tertiary/aromatic N) is 1. The first-order valence-electron chi connectivity index (χ1n) is 13.1. The van der Waals surface area contributed by atoms with Gasteiger partial charge < -0.3 is 24.9 Å². The summed E-state index contributed by atoms with van der Waals surface area (Å²) in [6.45, 7) is 6.32. The van der Waals surface area contributed by atoms with Crippen molar-refractivity contribution in [1.29, 1.82) is 0 Å². The SMILES string of the molecule is CC(=O)c1ccc(Oc2ccc(CC(C)(C)NC[C@H](O)COc3cccc4[nH]c5ccccc5c34)cc2)nc1. The van der Waals surface area contributed by atoms with E-state index < -0.39 is 6.10 Å². The number of aromatic nitrogens is 2. The fourth-order valence-corrected chi connectivity index (χ4v) is 4.65. The molecule has 0 bridgehead atoms. The van der Waals surface area contributed by atoms with Crippen LogP contribution in [0.5, 0.6) is 17.4 Å². The Labute approximate surface area is 227 Å². The Hall–Kier alpha value is -4.20.